The van der Waals surface area contributed by atoms with Gasteiger partial charge in [-0.1, -0.05) is 12.1 Å². The molecule has 92 valence electrons. The predicted octanol–water partition coefficient (Wildman–Crippen LogP) is 3.36. The Bertz CT molecular complexity index is 449. The molecule has 2 rings (SSSR count). The number of nitrogens with zero attached hydrogens (tertiary/aromatic N) is 1. The van der Waals surface area contributed by atoms with E-state index in [1.165, 1.54) is 22.3 Å². The molecule has 0 atom stereocenters. The van der Waals surface area contributed by atoms with Crippen LogP contribution in [0, 0.1) is 20.8 Å². The lowest BCUT2D eigenvalue weighted by Crippen LogP contribution is -2.17. The summed E-state index contributed by atoms with van der Waals surface area (Å²) in [7, 11) is 0. The van der Waals surface area contributed by atoms with Crippen LogP contribution in [0.25, 0.3) is 0 Å². The molecular weight excluding hydrogens is 210 g/mol. The average molecular weight is 231 g/mol. The normalized spacial score (nSPS) is 17.8. The van der Waals surface area contributed by atoms with Gasteiger partial charge in [0.25, 0.3) is 0 Å². The average Bonchev–Trinajstić information content (AvgIpc) is 2.54. The van der Waals surface area contributed by atoms with Gasteiger partial charge >= 0.3 is 0 Å². The summed E-state index contributed by atoms with van der Waals surface area (Å²) < 4.78 is 5.63. The maximum absolute atomic E-state index is 5.63. The molecule has 0 amide bonds. The zero-order chi connectivity index (χ0) is 12.6. The Morgan fingerprint density at radius 2 is 1.76 bits per heavy atom. The first-order valence-corrected chi connectivity index (χ1v) is 6.16. The number of benzene rings is 1. The van der Waals surface area contributed by atoms with E-state index in [0.717, 1.165) is 12.3 Å². The van der Waals surface area contributed by atoms with E-state index in [1.54, 1.807) is 0 Å². The molecule has 2 nitrogen and oxygen atoms in total. The van der Waals surface area contributed by atoms with Crippen LogP contribution in [0.15, 0.2) is 17.1 Å². The summed E-state index contributed by atoms with van der Waals surface area (Å²) in [6.07, 6.45) is 0.811. The van der Waals surface area contributed by atoms with Gasteiger partial charge in [0.1, 0.15) is 6.61 Å². The van der Waals surface area contributed by atoms with E-state index in [4.69, 9.17) is 4.74 Å². The smallest absolute Gasteiger partial charge is 0.188 e. The van der Waals surface area contributed by atoms with Crippen molar-refractivity contribution in [2.75, 3.05) is 6.61 Å². The highest BCUT2D eigenvalue weighted by molar-refractivity contribution is 5.80. The number of rotatable bonds is 2. The molecule has 1 aromatic carbocycles. The van der Waals surface area contributed by atoms with Crippen molar-refractivity contribution in [1.82, 2.24) is 0 Å². The fourth-order valence-electron chi connectivity index (χ4n) is 2.15. The SMILES string of the molecule is Cc1cc(CC2=NC(C)(C)CO2)cc(C)c1C. The number of aliphatic imine (C=N–C) groups is 1. The fraction of sp³-hybridized carbons (Fsp3) is 0.533. The number of aryl methyl sites for hydroxylation is 2. The van der Waals surface area contributed by atoms with Gasteiger partial charge in [0, 0.05) is 6.42 Å². The van der Waals surface area contributed by atoms with Gasteiger partial charge in [-0.2, -0.15) is 0 Å². The zero-order valence-electron chi connectivity index (χ0n) is 11.4. The summed E-state index contributed by atoms with van der Waals surface area (Å²) in [6, 6.07) is 4.47. The highest BCUT2D eigenvalue weighted by Crippen LogP contribution is 2.21. The Morgan fingerprint density at radius 3 is 2.24 bits per heavy atom. The van der Waals surface area contributed by atoms with E-state index >= 15 is 0 Å². The largest absolute Gasteiger partial charge is 0.478 e. The highest BCUT2D eigenvalue weighted by Gasteiger charge is 2.26. The van der Waals surface area contributed by atoms with Crippen molar-refractivity contribution in [1.29, 1.82) is 0 Å². The first-order chi connectivity index (χ1) is 7.87. The second kappa shape index (κ2) is 4.17. The molecule has 1 aliphatic rings. The van der Waals surface area contributed by atoms with Crippen molar-refractivity contribution in [2.24, 2.45) is 4.99 Å². The van der Waals surface area contributed by atoms with Crippen LogP contribution in [0.2, 0.25) is 0 Å². The van der Waals surface area contributed by atoms with Crippen LogP contribution in [0.4, 0.5) is 0 Å². The molecule has 0 aliphatic carbocycles. The molecule has 1 aromatic rings. The molecule has 0 aromatic heterocycles. The Morgan fingerprint density at radius 1 is 1.18 bits per heavy atom. The van der Waals surface area contributed by atoms with Crippen LogP contribution in [0.3, 0.4) is 0 Å². The standard InChI is InChI=1S/C15H21NO/c1-10-6-13(7-11(2)12(10)3)8-14-16-15(4,5)9-17-14/h6-7H,8-9H2,1-5H3. The van der Waals surface area contributed by atoms with E-state index < -0.39 is 0 Å². The molecular formula is C15H21NO. The van der Waals surface area contributed by atoms with Crippen LogP contribution in [-0.4, -0.2) is 18.0 Å². The van der Waals surface area contributed by atoms with Crippen molar-refractivity contribution in [3.8, 4) is 0 Å². The second-order valence-corrected chi connectivity index (χ2v) is 5.64. The minimum atomic E-state index is -0.0515. The summed E-state index contributed by atoms with van der Waals surface area (Å²) in [6.45, 7) is 11.4. The van der Waals surface area contributed by atoms with Crippen molar-refractivity contribution >= 4 is 5.90 Å². The fourth-order valence-corrected chi connectivity index (χ4v) is 2.15. The quantitative estimate of drug-likeness (QED) is 0.764. The Hall–Kier alpha value is -1.31. The van der Waals surface area contributed by atoms with Crippen molar-refractivity contribution in [3.63, 3.8) is 0 Å². The summed E-state index contributed by atoms with van der Waals surface area (Å²) in [5.41, 5.74) is 5.31. The van der Waals surface area contributed by atoms with Crippen LogP contribution in [0.1, 0.15) is 36.1 Å². The maximum atomic E-state index is 5.63. The molecule has 0 unspecified atom stereocenters. The molecule has 1 heterocycles. The number of ether oxygens (including phenoxy) is 1. The highest BCUT2D eigenvalue weighted by atomic mass is 16.5. The summed E-state index contributed by atoms with van der Waals surface area (Å²) in [4.78, 5) is 4.59. The van der Waals surface area contributed by atoms with Gasteiger partial charge in [0.05, 0.1) is 5.54 Å². The third kappa shape index (κ3) is 2.68. The summed E-state index contributed by atoms with van der Waals surface area (Å²) in [5.74, 6) is 0.873. The number of hydrogen-bond acceptors (Lipinski definition) is 2. The van der Waals surface area contributed by atoms with E-state index in [9.17, 15) is 0 Å². The Kier molecular flexibility index (Phi) is 2.98. The minimum Gasteiger partial charge on any atom is -0.478 e. The lowest BCUT2D eigenvalue weighted by molar-refractivity contribution is 0.275. The molecule has 0 spiro atoms. The molecule has 0 radical (unpaired) electrons. The van der Waals surface area contributed by atoms with E-state index in [-0.39, 0.29) is 5.54 Å². The van der Waals surface area contributed by atoms with Gasteiger partial charge in [-0.3, -0.25) is 0 Å². The molecule has 0 saturated heterocycles. The van der Waals surface area contributed by atoms with Crippen LogP contribution < -0.4 is 0 Å². The topological polar surface area (TPSA) is 21.6 Å². The molecule has 17 heavy (non-hydrogen) atoms. The van der Waals surface area contributed by atoms with Gasteiger partial charge in [-0.15, -0.1) is 0 Å². The predicted molar refractivity (Wildman–Crippen MR) is 71.8 cm³/mol. The molecule has 2 heteroatoms. The maximum Gasteiger partial charge on any atom is 0.188 e. The monoisotopic (exact) mass is 231 g/mol. The first-order valence-electron chi connectivity index (χ1n) is 6.16. The van der Waals surface area contributed by atoms with Gasteiger partial charge in [-0.05, 0) is 56.9 Å². The molecule has 0 N–H and O–H groups in total. The summed E-state index contributed by atoms with van der Waals surface area (Å²) >= 11 is 0. The lowest BCUT2D eigenvalue weighted by Gasteiger charge is -2.09. The Labute approximate surface area is 104 Å². The van der Waals surface area contributed by atoms with Crippen molar-refractivity contribution < 1.29 is 4.74 Å². The van der Waals surface area contributed by atoms with Crippen molar-refractivity contribution in [2.45, 2.75) is 46.6 Å². The summed E-state index contributed by atoms with van der Waals surface area (Å²) in [5, 5.41) is 0. The van der Waals surface area contributed by atoms with Gasteiger partial charge in [-0.25, -0.2) is 4.99 Å². The van der Waals surface area contributed by atoms with Gasteiger partial charge < -0.3 is 4.74 Å². The van der Waals surface area contributed by atoms with Crippen molar-refractivity contribution in [3.05, 3.63) is 34.4 Å². The third-order valence-electron chi connectivity index (χ3n) is 3.36. The van der Waals surface area contributed by atoms with Crippen LogP contribution in [0.5, 0.6) is 0 Å². The first kappa shape index (κ1) is 12.2. The minimum absolute atomic E-state index is 0.0515. The van der Waals surface area contributed by atoms with E-state index in [2.05, 4.69) is 51.7 Å². The number of hydrogen-bond donors (Lipinski definition) is 0. The molecule has 1 aliphatic heterocycles. The molecule has 0 fully saturated rings. The molecule has 0 bridgehead atoms. The Balaban J connectivity index is 2.21. The van der Waals surface area contributed by atoms with Gasteiger partial charge in [0.2, 0.25) is 0 Å². The van der Waals surface area contributed by atoms with Gasteiger partial charge in [0.15, 0.2) is 5.90 Å². The van der Waals surface area contributed by atoms with E-state index in [1.807, 2.05) is 0 Å². The van der Waals surface area contributed by atoms with Crippen LogP contribution in [-0.2, 0) is 11.2 Å². The molecule has 0 saturated carbocycles. The van der Waals surface area contributed by atoms with E-state index in [0.29, 0.717) is 6.61 Å². The lowest BCUT2D eigenvalue weighted by atomic mass is 9.99. The zero-order valence-corrected chi connectivity index (χ0v) is 11.4. The third-order valence-corrected chi connectivity index (χ3v) is 3.36. The second-order valence-electron chi connectivity index (χ2n) is 5.64. The van der Waals surface area contributed by atoms with Crippen LogP contribution >= 0.6 is 0 Å².